The van der Waals surface area contributed by atoms with Crippen LogP contribution in [0.4, 0.5) is 0 Å². The van der Waals surface area contributed by atoms with Gasteiger partial charge >= 0.3 is 0 Å². The maximum absolute atomic E-state index is 13.1. The molecule has 0 aromatic heterocycles. The first kappa shape index (κ1) is 32.1. The summed E-state index contributed by atoms with van der Waals surface area (Å²) in [6.45, 7) is -0.257. The van der Waals surface area contributed by atoms with E-state index in [0.29, 0.717) is 43.9 Å². The van der Waals surface area contributed by atoms with Crippen LogP contribution in [0.5, 0.6) is 11.5 Å². The van der Waals surface area contributed by atoms with Crippen molar-refractivity contribution in [2.45, 2.75) is 88.6 Å². The number of amides is 2. The van der Waals surface area contributed by atoms with Crippen molar-refractivity contribution in [1.82, 2.24) is 10.6 Å². The molecule has 41 heavy (non-hydrogen) atoms. The molecule has 2 aromatic carbocycles. The Bertz CT molecular complexity index is 1190. The van der Waals surface area contributed by atoms with E-state index in [9.17, 15) is 9.59 Å². The quantitative estimate of drug-likeness (QED) is 0.303. The molecule has 1 atom stereocenters. The van der Waals surface area contributed by atoms with Crippen molar-refractivity contribution in [3.63, 3.8) is 0 Å². The SMILES string of the molecule is O=C(COc1ccc(Cl)c(Cl)c1)NC1CCCCCCCCCC2CC(NC(=O)COc3ccc(Cl)c(Cl)c3)(C2)C1. The van der Waals surface area contributed by atoms with Gasteiger partial charge in [0, 0.05) is 23.7 Å². The molecule has 0 saturated heterocycles. The Balaban J connectivity index is 1.38. The van der Waals surface area contributed by atoms with Crippen LogP contribution in [0.25, 0.3) is 0 Å². The number of hydrogen-bond acceptors (Lipinski definition) is 4. The van der Waals surface area contributed by atoms with Crippen LogP contribution in [0.3, 0.4) is 0 Å². The zero-order valence-electron chi connectivity index (χ0n) is 23.2. The molecule has 3 aliphatic rings. The number of halogens is 4. The van der Waals surface area contributed by atoms with Crippen molar-refractivity contribution < 1.29 is 19.1 Å². The summed E-state index contributed by atoms with van der Waals surface area (Å²) < 4.78 is 11.4. The summed E-state index contributed by atoms with van der Waals surface area (Å²) in [5, 5.41) is 8.06. The Morgan fingerprint density at radius 1 is 0.683 bits per heavy atom. The molecule has 2 bridgehead atoms. The highest BCUT2D eigenvalue weighted by Crippen LogP contribution is 2.44. The summed E-state index contributed by atoms with van der Waals surface area (Å²) in [5.41, 5.74) is -0.380. The molecule has 10 heteroatoms. The number of nitrogens with one attached hydrogen (secondary N) is 2. The second kappa shape index (κ2) is 15.6. The van der Waals surface area contributed by atoms with E-state index in [1.165, 1.54) is 38.5 Å². The van der Waals surface area contributed by atoms with Gasteiger partial charge in [-0.15, -0.1) is 0 Å². The molecule has 3 saturated carbocycles. The van der Waals surface area contributed by atoms with Crippen molar-refractivity contribution in [1.29, 1.82) is 0 Å². The third-order valence-corrected chi connectivity index (χ3v) is 9.43. The molecular weight excluding hydrogens is 606 g/mol. The molecule has 2 amide bonds. The third-order valence-electron chi connectivity index (χ3n) is 7.95. The van der Waals surface area contributed by atoms with Crippen molar-refractivity contribution in [2.24, 2.45) is 5.92 Å². The molecule has 2 N–H and O–H groups in total. The molecule has 224 valence electrons. The van der Waals surface area contributed by atoms with Crippen LogP contribution in [-0.2, 0) is 9.59 Å². The van der Waals surface area contributed by atoms with Gasteiger partial charge in [0.15, 0.2) is 13.2 Å². The number of rotatable bonds is 8. The smallest absolute Gasteiger partial charge is 0.258 e. The maximum atomic E-state index is 13.1. The minimum atomic E-state index is -0.380. The fourth-order valence-corrected chi connectivity index (χ4v) is 6.58. The van der Waals surface area contributed by atoms with E-state index < -0.39 is 0 Å². The summed E-state index contributed by atoms with van der Waals surface area (Å²) in [7, 11) is 0. The third kappa shape index (κ3) is 10.1. The zero-order valence-corrected chi connectivity index (χ0v) is 26.2. The molecule has 3 fully saturated rings. The molecule has 3 aliphatic carbocycles. The van der Waals surface area contributed by atoms with E-state index in [2.05, 4.69) is 10.6 Å². The number of ether oxygens (including phenoxy) is 2. The van der Waals surface area contributed by atoms with Crippen LogP contribution in [-0.4, -0.2) is 36.6 Å². The van der Waals surface area contributed by atoms with Gasteiger partial charge in [-0.3, -0.25) is 9.59 Å². The minimum Gasteiger partial charge on any atom is -0.484 e. The lowest BCUT2D eigenvalue weighted by molar-refractivity contribution is -0.127. The number of fused-ring (bicyclic) bond motifs is 10. The Hall–Kier alpha value is -1.86. The van der Waals surface area contributed by atoms with E-state index in [1.54, 1.807) is 36.4 Å². The van der Waals surface area contributed by atoms with E-state index >= 15 is 0 Å². The Morgan fingerprint density at radius 2 is 1.20 bits per heavy atom. The van der Waals surface area contributed by atoms with E-state index in [4.69, 9.17) is 55.9 Å². The highest BCUT2D eigenvalue weighted by atomic mass is 35.5. The Morgan fingerprint density at radius 3 is 1.76 bits per heavy atom. The summed E-state index contributed by atoms with van der Waals surface area (Å²) in [6, 6.07) is 9.76. The van der Waals surface area contributed by atoms with Gasteiger partial charge in [0.25, 0.3) is 11.8 Å². The minimum absolute atomic E-state index is 0.0833. The second-order valence-electron chi connectivity index (χ2n) is 11.4. The summed E-state index contributed by atoms with van der Waals surface area (Å²) >= 11 is 24.1. The Kier molecular flexibility index (Phi) is 12.2. The fourth-order valence-electron chi connectivity index (χ4n) is 6.01. The highest BCUT2D eigenvalue weighted by molar-refractivity contribution is 6.42. The van der Waals surface area contributed by atoms with Crippen LogP contribution < -0.4 is 20.1 Å². The number of benzene rings is 2. The lowest BCUT2D eigenvalue weighted by Gasteiger charge is -2.50. The summed E-state index contributed by atoms with van der Waals surface area (Å²) in [5.74, 6) is 1.14. The fraction of sp³-hybridized carbons (Fsp3) is 0.548. The maximum Gasteiger partial charge on any atom is 0.258 e. The highest BCUT2D eigenvalue weighted by Gasteiger charge is 2.46. The van der Waals surface area contributed by atoms with Crippen molar-refractivity contribution in [3.8, 4) is 11.5 Å². The normalized spacial score (nSPS) is 23.4. The van der Waals surface area contributed by atoms with Crippen LogP contribution in [0.15, 0.2) is 36.4 Å². The molecule has 5 rings (SSSR count). The molecule has 0 heterocycles. The first-order valence-electron chi connectivity index (χ1n) is 14.5. The largest absolute Gasteiger partial charge is 0.484 e. The lowest BCUT2D eigenvalue weighted by atomic mass is 9.63. The monoisotopic (exact) mass is 642 g/mol. The van der Waals surface area contributed by atoms with Gasteiger partial charge in [-0.1, -0.05) is 97.8 Å². The van der Waals surface area contributed by atoms with E-state index in [-0.39, 0.29) is 36.6 Å². The van der Waals surface area contributed by atoms with Crippen LogP contribution >= 0.6 is 46.4 Å². The molecule has 6 nitrogen and oxygen atoms in total. The van der Waals surface area contributed by atoms with Gasteiger partial charge in [0.05, 0.1) is 20.1 Å². The average Bonchev–Trinajstić information content (AvgIpc) is 2.92. The lowest BCUT2D eigenvalue weighted by Crippen LogP contribution is -2.61. The predicted molar refractivity (Wildman–Crippen MR) is 166 cm³/mol. The zero-order chi connectivity index (χ0) is 29.2. The first-order chi connectivity index (χ1) is 19.7. The van der Waals surface area contributed by atoms with Crippen molar-refractivity contribution in [2.75, 3.05) is 13.2 Å². The molecule has 1 unspecified atom stereocenters. The van der Waals surface area contributed by atoms with Gasteiger partial charge in [-0.05, 0) is 55.9 Å². The first-order valence-corrected chi connectivity index (χ1v) is 16.0. The van der Waals surface area contributed by atoms with E-state index in [1.807, 2.05) is 0 Å². The van der Waals surface area contributed by atoms with Gasteiger partial charge in [-0.2, -0.15) is 0 Å². The van der Waals surface area contributed by atoms with Gasteiger partial charge in [-0.25, -0.2) is 0 Å². The summed E-state index contributed by atoms with van der Waals surface area (Å²) in [6.07, 6.45) is 12.9. The van der Waals surface area contributed by atoms with Crippen molar-refractivity contribution in [3.05, 3.63) is 56.5 Å². The van der Waals surface area contributed by atoms with Crippen LogP contribution in [0.2, 0.25) is 20.1 Å². The van der Waals surface area contributed by atoms with Gasteiger partial charge in [0.2, 0.25) is 0 Å². The standard InChI is InChI=1S/C31H38Cl4N2O4/c32-25-12-10-23(14-27(25)34)40-19-29(38)36-22-9-7-5-3-1-2-4-6-8-21-16-31(17-21,18-22)37-30(39)20-41-24-11-13-26(33)28(35)15-24/h10-15,21-22H,1-9,16-20H2,(H,36,38)(H,37,39). The predicted octanol–water partition coefficient (Wildman–Crippen LogP) is 8.42. The van der Waals surface area contributed by atoms with Crippen molar-refractivity contribution >= 4 is 58.2 Å². The molecule has 2 aromatic rings. The van der Waals surface area contributed by atoms with Gasteiger partial charge < -0.3 is 20.1 Å². The van der Waals surface area contributed by atoms with E-state index in [0.717, 1.165) is 32.1 Å². The van der Waals surface area contributed by atoms with Crippen LogP contribution in [0, 0.1) is 5.92 Å². The molecule has 0 aliphatic heterocycles. The topological polar surface area (TPSA) is 76.7 Å². The number of hydrogen-bond donors (Lipinski definition) is 2. The Labute approximate surface area is 262 Å². The molecular formula is C31H38Cl4N2O4. The molecule has 0 spiro atoms. The average molecular weight is 644 g/mol. The number of carbonyl (C=O) groups excluding carboxylic acids is 2. The van der Waals surface area contributed by atoms with Gasteiger partial charge in [0.1, 0.15) is 11.5 Å². The van der Waals surface area contributed by atoms with Crippen LogP contribution in [0.1, 0.15) is 77.0 Å². The number of carbonyl (C=O) groups is 2. The summed E-state index contributed by atoms with van der Waals surface area (Å²) in [4.78, 5) is 26.0. The molecule has 0 radical (unpaired) electrons. The second-order valence-corrected chi connectivity index (χ2v) is 13.0.